The number of halogens is 3. The molecule has 1 aromatic carbocycles. The number of nitrogens with zero attached hydrogens (tertiary/aromatic N) is 1. The molecular formula is C13H10BrF2NOS. The van der Waals surface area contributed by atoms with Gasteiger partial charge in [0.1, 0.15) is 0 Å². The molecule has 2 aromatic rings. The number of carbonyl (C=O) groups is 1. The molecule has 0 bridgehead atoms. The lowest BCUT2D eigenvalue weighted by Crippen LogP contribution is -2.25. The molecule has 0 saturated carbocycles. The van der Waals surface area contributed by atoms with Crippen LogP contribution in [0.25, 0.3) is 0 Å². The number of amides is 1. The monoisotopic (exact) mass is 345 g/mol. The first-order chi connectivity index (χ1) is 8.97. The van der Waals surface area contributed by atoms with E-state index in [0.717, 1.165) is 15.9 Å². The van der Waals surface area contributed by atoms with Crippen LogP contribution in [0.4, 0.5) is 8.78 Å². The van der Waals surface area contributed by atoms with Crippen molar-refractivity contribution in [3.63, 3.8) is 0 Å². The predicted molar refractivity (Wildman–Crippen MR) is 74.2 cm³/mol. The van der Waals surface area contributed by atoms with E-state index in [1.165, 1.54) is 22.3 Å². The SMILES string of the molecule is CN(Cc1ccc(F)c(F)c1)C(=O)c1ccc(Br)s1. The Morgan fingerprint density at radius 2 is 2.00 bits per heavy atom. The van der Waals surface area contributed by atoms with E-state index in [2.05, 4.69) is 15.9 Å². The molecule has 0 unspecified atom stereocenters. The van der Waals surface area contributed by atoms with Crippen LogP contribution < -0.4 is 0 Å². The van der Waals surface area contributed by atoms with Gasteiger partial charge in [-0.3, -0.25) is 4.79 Å². The third-order valence-electron chi connectivity index (χ3n) is 2.53. The molecule has 1 heterocycles. The molecule has 6 heteroatoms. The summed E-state index contributed by atoms with van der Waals surface area (Å²) in [5, 5.41) is 0. The van der Waals surface area contributed by atoms with Crippen LogP contribution in [0.1, 0.15) is 15.2 Å². The van der Waals surface area contributed by atoms with E-state index in [-0.39, 0.29) is 12.5 Å². The fourth-order valence-corrected chi connectivity index (χ4v) is 2.98. The Morgan fingerprint density at radius 3 is 2.58 bits per heavy atom. The van der Waals surface area contributed by atoms with Gasteiger partial charge in [-0.25, -0.2) is 8.78 Å². The summed E-state index contributed by atoms with van der Waals surface area (Å²) < 4.78 is 26.8. The molecule has 19 heavy (non-hydrogen) atoms. The highest BCUT2D eigenvalue weighted by Gasteiger charge is 2.14. The van der Waals surface area contributed by atoms with Gasteiger partial charge in [-0.05, 0) is 45.8 Å². The van der Waals surface area contributed by atoms with E-state index in [1.807, 2.05) is 0 Å². The second-order valence-electron chi connectivity index (χ2n) is 4.01. The van der Waals surface area contributed by atoms with E-state index in [1.54, 1.807) is 19.2 Å². The first-order valence-corrected chi connectivity index (χ1v) is 7.03. The van der Waals surface area contributed by atoms with Crippen molar-refractivity contribution >= 4 is 33.2 Å². The minimum absolute atomic E-state index is 0.152. The summed E-state index contributed by atoms with van der Waals surface area (Å²) in [5.41, 5.74) is 0.547. The minimum atomic E-state index is -0.905. The molecule has 0 atom stereocenters. The van der Waals surface area contributed by atoms with E-state index in [9.17, 15) is 13.6 Å². The summed E-state index contributed by atoms with van der Waals surface area (Å²) in [6.45, 7) is 0.228. The van der Waals surface area contributed by atoms with Crippen LogP contribution in [0.2, 0.25) is 0 Å². The fraction of sp³-hybridized carbons (Fsp3) is 0.154. The summed E-state index contributed by atoms with van der Waals surface area (Å²) in [7, 11) is 1.62. The van der Waals surface area contributed by atoms with Gasteiger partial charge in [0.2, 0.25) is 0 Å². The maximum Gasteiger partial charge on any atom is 0.264 e. The Balaban J connectivity index is 2.10. The van der Waals surface area contributed by atoms with Crippen LogP contribution in [-0.2, 0) is 6.54 Å². The Hall–Kier alpha value is -1.27. The van der Waals surface area contributed by atoms with Crippen LogP contribution >= 0.6 is 27.3 Å². The van der Waals surface area contributed by atoms with Gasteiger partial charge >= 0.3 is 0 Å². The Kier molecular flexibility index (Phi) is 4.31. The molecule has 0 N–H and O–H groups in total. The fourth-order valence-electron chi connectivity index (χ4n) is 1.60. The molecule has 0 radical (unpaired) electrons. The molecule has 100 valence electrons. The third-order valence-corrected chi connectivity index (χ3v) is 4.15. The average molecular weight is 346 g/mol. The van der Waals surface area contributed by atoms with Crippen molar-refractivity contribution in [2.45, 2.75) is 6.54 Å². The molecule has 0 aliphatic carbocycles. The van der Waals surface area contributed by atoms with Crippen LogP contribution in [0.3, 0.4) is 0 Å². The van der Waals surface area contributed by atoms with E-state index in [4.69, 9.17) is 0 Å². The summed E-state index contributed by atoms with van der Waals surface area (Å²) >= 11 is 4.62. The highest BCUT2D eigenvalue weighted by molar-refractivity contribution is 9.11. The van der Waals surface area contributed by atoms with Crippen molar-refractivity contribution in [3.05, 3.63) is 56.2 Å². The topological polar surface area (TPSA) is 20.3 Å². The maximum absolute atomic E-state index is 13.1. The average Bonchev–Trinajstić information content (AvgIpc) is 2.79. The number of hydrogen-bond acceptors (Lipinski definition) is 2. The van der Waals surface area contributed by atoms with Crippen molar-refractivity contribution in [3.8, 4) is 0 Å². The predicted octanol–water partition coefficient (Wildman–Crippen LogP) is 4.06. The Bertz CT molecular complexity index is 614. The Morgan fingerprint density at radius 1 is 1.26 bits per heavy atom. The van der Waals surface area contributed by atoms with Crippen LogP contribution in [0, 0.1) is 11.6 Å². The molecule has 0 spiro atoms. The highest BCUT2D eigenvalue weighted by atomic mass is 79.9. The van der Waals surface area contributed by atoms with Crippen LogP contribution in [0.5, 0.6) is 0 Å². The molecule has 1 amide bonds. The zero-order valence-corrected chi connectivity index (χ0v) is 12.4. The van der Waals surface area contributed by atoms with Crippen LogP contribution in [0.15, 0.2) is 34.1 Å². The van der Waals surface area contributed by atoms with Gasteiger partial charge in [-0.15, -0.1) is 11.3 Å². The third kappa shape index (κ3) is 3.39. The van der Waals surface area contributed by atoms with Crippen molar-refractivity contribution in [1.82, 2.24) is 4.90 Å². The van der Waals surface area contributed by atoms with E-state index < -0.39 is 11.6 Å². The minimum Gasteiger partial charge on any atom is -0.337 e. The van der Waals surface area contributed by atoms with Crippen molar-refractivity contribution in [2.24, 2.45) is 0 Å². The molecule has 0 aliphatic heterocycles. The summed E-state index contributed by atoms with van der Waals surface area (Å²) in [5.74, 6) is -1.95. The summed E-state index contributed by atoms with van der Waals surface area (Å²) in [6.07, 6.45) is 0. The largest absolute Gasteiger partial charge is 0.337 e. The van der Waals surface area contributed by atoms with Gasteiger partial charge in [0.15, 0.2) is 11.6 Å². The summed E-state index contributed by atoms with van der Waals surface area (Å²) in [6, 6.07) is 7.14. The normalized spacial score (nSPS) is 10.5. The Labute approximate surface area is 121 Å². The number of rotatable bonds is 3. The van der Waals surface area contributed by atoms with E-state index >= 15 is 0 Å². The van der Waals surface area contributed by atoms with Gasteiger partial charge in [0, 0.05) is 13.6 Å². The molecule has 0 saturated heterocycles. The molecule has 0 aliphatic rings. The van der Waals surface area contributed by atoms with E-state index in [0.29, 0.717) is 10.4 Å². The van der Waals surface area contributed by atoms with Crippen molar-refractivity contribution in [2.75, 3.05) is 7.05 Å². The lowest BCUT2D eigenvalue weighted by molar-refractivity contribution is 0.0789. The number of benzene rings is 1. The molecular weight excluding hydrogens is 336 g/mol. The van der Waals surface area contributed by atoms with Gasteiger partial charge in [0.05, 0.1) is 8.66 Å². The van der Waals surface area contributed by atoms with Gasteiger partial charge in [-0.1, -0.05) is 6.07 Å². The second kappa shape index (κ2) is 5.79. The van der Waals surface area contributed by atoms with Crippen molar-refractivity contribution in [1.29, 1.82) is 0 Å². The van der Waals surface area contributed by atoms with Gasteiger partial charge in [-0.2, -0.15) is 0 Å². The first-order valence-electron chi connectivity index (χ1n) is 5.42. The highest BCUT2D eigenvalue weighted by Crippen LogP contribution is 2.23. The lowest BCUT2D eigenvalue weighted by Gasteiger charge is -2.16. The standard InChI is InChI=1S/C13H10BrF2NOS/c1-17(13(18)11-4-5-12(14)19-11)7-8-2-3-9(15)10(16)6-8/h2-6H,7H2,1H3. The maximum atomic E-state index is 13.1. The smallest absolute Gasteiger partial charge is 0.264 e. The zero-order valence-electron chi connectivity index (χ0n) is 9.99. The lowest BCUT2D eigenvalue weighted by atomic mass is 10.2. The van der Waals surface area contributed by atoms with Crippen LogP contribution in [-0.4, -0.2) is 17.9 Å². The van der Waals surface area contributed by atoms with Gasteiger partial charge in [0.25, 0.3) is 5.91 Å². The first kappa shape index (κ1) is 14.1. The molecule has 0 fully saturated rings. The molecule has 2 nitrogen and oxygen atoms in total. The number of thiophene rings is 1. The number of hydrogen-bond donors (Lipinski definition) is 0. The summed E-state index contributed by atoms with van der Waals surface area (Å²) in [4.78, 5) is 14.1. The molecule has 2 rings (SSSR count). The van der Waals surface area contributed by atoms with Gasteiger partial charge < -0.3 is 4.90 Å². The quantitative estimate of drug-likeness (QED) is 0.821. The second-order valence-corrected chi connectivity index (χ2v) is 6.48. The molecule has 1 aromatic heterocycles. The number of carbonyl (C=O) groups excluding carboxylic acids is 1. The zero-order chi connectivity index (χ0) is 14.0. The van der Waals surface area contributed by atoms with Crippen molar-refractivity contribution < 1.29 is 13.6 Å².